The summed E-state index contributed by atoms with van der Waals surface area (Å²) >= 11 is 8.95. The normalized spacial score (nSPS) is 11.7. The van der Waals surface area contributed by atoms with Gasteiger partial charge in [-0.2, -0.15) is 0 Å². The lowest BCUT2D eigenvalue weighted by Gasteiger charge is -2.12. The molecule has 78 valence electrons. The molecular formula is C10H18BNS2. The van der Waals surface area contributed by atoms with Crippen LogP contribution in [0.3, 0.4) is 0 Å². The topological polar surface area (TPSA) is 4.93 Å². The smallest absolute Gasteiger partial charge is 0.162 e. The first-order chi connectivity index (χ1) is 6.37. The third-order valence-corrected chi connectivity index (χ3v) is 3.69. The van der Waals surface area contributed by atoms with Gasteiger partial charge in [-0.15, -0.1) is 12.6 Å². The average Bonchev–Trinajstić information content (AvgIpc) is 2.29. The monoisotopic (exact) mass is 227 g/mol. The summed E-state index contributed by atoms with van der Waals surface area (Å²) in [5, 5.41) is 0.990. The van der Waals surface area contributed by atoms with E-state index in [2.05, 4.69) is 61.0 Å². The van der Waals surface area contributed by atoms with Crippen molar-refractivity contribution in [3.05, 3.63) is 11.1 Å². The molecule has 1 aromatic heterocycles. The molecule has 0 N–H and O–H groups in total. The molecule has 0 spiro atoms. The summed E-state index contributed by atoms with van der Waals surface area (Å²) in [6, 6.07) is 0. The van der Waals surface area contributed by atoms with Crippen LogP contribution in [0.4, 0.5) is 0 Å². The lowest BCUT2D eigenvalue weighted by molar-refractivity contribution is 0.784. The maximum Gasteiger partial charge on any atom is 0.162 e. The first kappa shape index (κ1) is 12.1. The lowest BCUT2D eigenvalue weighted by atomic mass is 9.87. The Balaban J connectivity index is 3.45. The van der Waals surface area contributed by atoms with Crippen molar-refractivity contribution in [2.75, 3.05) is 0 Å². The van der Waals surface area contributed by atoms with Gasteiger partial charge in [-0.3, -0.25) is 3.97 Å². The number of thiol groups is 2. The Labute approximate surface area is 98.6 Å². The van der Waals surface area contributed by atoms with Gasteiger partial charge in [0, 0.05) is 0 Å². The summed E-state index contributed by atoms with van der Waals surface area (Å²) in [5.41, 5.74) is 3.97. The predicted octanol–water partition coefficient (Wildman–Crippen LogP) is 1.97. The van der Waals surface area contributed by atoms with Crippen LogP contribution in [0, 0.1) is 0 Å². The summed E-state index contributed by atoms with van der Waals surface area (Å²) in [6.07, 6.45) is 0. The first-order valence-electron chi connectivity index (χ1n) is 5.01. The highest BCUT2D eigenvalue weighted by Crippen LogP contribution is 2.31. The zero-order valence-corrected chi connectivity index (χ0v) is 11.3. The molecule has 4 heteroatoms. The third-order valence-electron chi connectivity index (χ3n) is 2.59. The van der Waals surface area contributed by atoms with E-state index in [1.807, 2.05) is 3.97 Å². The predicted molar refractivity (Wildman–Crippen MR) is 72.4 cm³/mol. The maximum atomic E-state index is 4.52. The van der Waals surface area contributed by atoms with Gasteiger partial charge in [-0.1, -0.05) is 40.5 Å². The van der Waals surface area contributed by atoms with Crippen LogP contribution >= 0.6 is 25.4 Å². The van der Waals surface area contributed by atoms with Crippen molar-refractivity contribution in [1.29, 1.82) is 0 Å². The SMILES string of the molecule is Bc1c(C(C)C)c(C(C)C)c(S)n1S. The van der Waals surface area contributed by atoms with E-state index < -0.39 is 0 Å². The van der Waals surface area contributed by atoms with E-state index in [-0.39, 0.29) is 0 Å². The van der Waals surface area contributed by atoms with Crippen LogP contribution in [0.1, 0.15) is 50.7 Å². The van der Waals surface area contributed by atoms with Crippen LogP contribution in [-0.4, -0.2) is 11.8 Å². The highest BCUT2D eigenvalue weighted by molar-refractivity contribution is 7.82. The molecule has 14 heavy (non-hydrogen) atoms. The molecule has 0 radical (unpaired) electrons. The van der Waals surface area contributed by atoms with Gasteiger partial charge in [0.25, 0.3) is 0 Å². The molecule has 1 aromatic rings. The summed E-state index contributed by atoms with van der Waals surface area (Å²) in [4.78, 5) is 0. The summed E-state index contributed by atoms with van der Waals surface area (Å²) in [6.45, 7) is 8.84. The van der Waals surface area contributed by atoms with E-state index in [0.29, 0.717) is 11.8 Å². The molecule has 0 aliphatic heterocycles. The van der Waals surface area contributed by atoms with Crippen molar-refractivity contribution in [3.63, 3.8) is 0 Å². The molecule has 0 unspecified atom stereocenters. The number of hydrogen-bond acceptors (Lipinski definition) is 2. The van der Waals surface area contributed by atoms with E-state index in [9.17, 15) is 0 Å². The fraction of sp³-hybridized carbons (Fsp3) is 0.600. The minimum atomic E-state index is 0.506. The highest BCUT2D eigenvalue weighted by Gasteiger charge is 2.20. The number of rotatable bonds is 2. The van der Waals surface area contributed by atoms with E-state index in [0.717, 1.165) is 5.03 Å². The van der Waals surface area contributed by atoms with Crippen LogP contribution in [0.15, 0.2) is 5.03 Å². The molecule has 0 aliphatic rings. The van der Waals surface area contributed by atoms with Crippen molar-refractivity contribution in [3.8, 4) is 0 Å². The van der Waals surface area contributed by atoms with Crippen LogP contribution < -0.4 is 5.59 Å². The molecule has 0 amide bonds. The molecule has 0 aliphatic carbocycles. The second-order valence-corrected chi connectivity index (χ2v) is 5.18. The zero-order valence-electron chi connectivity index (χ0n) is 9.50. The van der Waals surface area contributed by atoms with E-state index in [4.69, 9.17) is 0 Å². The van der Waals surface area contributed by atoms with Gasteiger partial charge in [0.05, 0.1) is 5.03 Å². The molecule has 0 bridgehead atoms. The second-order valence-electron chi connectivity index (χ2n) is 4.36. The molecule has 0 fully saturated rings. The van der Waals surface area contributed by atoms with Crippen LogP contribution in [-0.2, 0) is 0 Å². The molecule has 0 aromatic carbocycles. The Hall–Kier alpha value is 0.0449. The standard InChI is InChI=1S/C10H18BNS2/c1-5(2)7-8(6(3)4)10(13)12(14)9(7)11/h5-6,13-14H,11H2,1-4H3. The summed E-state index contributed by atoms with van der Waals surface area (Å²) in [7, 11) is 2.11. The Morgan fingerprint density at radius 2 is 1.50 bits per heavy atom. The van der Waals surface area contributed by atoms with Gasteiger partial charge in [0.2, 0.25) is 0 Å². The van der Waals surface area contributed by atoms with E-state index in [1.165, 1.54) is 16.7 Å². The molecule has 1 heterocycles. The quantitative estimate of drug-likeness (QED) is 0.562. The minimum absolute atomic E-state index is 0.506. The minimum Gasteiger partial charge on any atom is -0.295 e. The summed E-state index contributed by atoms with van der Waals surface area (Å²) in [5.74, 6) is 1.04. The molecule has 0 saturated carbocycles. The van der Waals surface area contributed by atoms with Gasteiger partial charge in [-0.25, -0.2) is 0 Å². The van der Waals surface area contributed by atoms with Gasteiger partial charge in [-0.05, 0) is 28.6 Å². The Morgan fingerprint density at radius 3 is 1.79 bits per heavy atom. The Bertz CT molecular complexity index is 311. The van der Waals surface area contributed by atoms with Gasteiger partial charge >= 0.3 is 0 Å². The molecule has 0 atom stereocenters. The first-order valence-corrected chi connectivity index (χ1v) is 5.85. The largest absolute Gasteiger partial charge is 0.295 e. The zero-order chi connectivity index (χ0) is 11.0. The Kier molecular flexibility index (Phi) is 3.70. The van der Waals surface area contributed by atoms with Crippen molar-refractivity contribution in [1.82, 2.24) is 3.97 Å². The van der Waals surface area contributed by atoms with Crippen molar-refractivity contribution < 1.29 is 0 Å². The van der Waals surface area contributed by atoms with Crippen LogP contribution in [0.2, 0.25) is 0 Å². The maximum absolute atomic E-state index is 4.52. The van der Waals surface area contributed by atoms with Crippen LogP contribution in [0.25, 0.3) is 0 Å². The van der Waals surface area contributed by atoms with E-state index in [1.54, 1.807) is 0 Å². The molecule has 1 rings (SSSR count). The van der Waals surface area contributed by atoms with Crippen molar-refractivity contribution >= 4 is 38.9 Å². The number of aromatic nitrogens is 1. The summed E-state index contributed by atoms with van der Waals surface area (Å²) < 4.78 is 1.88. The molecular weight excluding hydrogens is 209 g/mol. The number of nitrogens with zero attached hydrogens (tertiary/aromatic N) is 1. The second kappa shape index (κ2) is 4.27. The van der Waals surface area contributed by atoms with Gasteiger partial charge in [0.1, 0.15) is 0 Å². The van der Waals surface area contributed by atoms with E-state index >= 15 is 0 Å². The molecule has 1 nitrogen and oxygen atoms in total. The molecule has 0 saturated heterocycles. The average molecular weight is 227 g/mol. The van der Waals surface area contributed by atoms with Crippen molar-refractivity contribution in [2.24, 2.45) is 0 Å². The number of hydrogen-bond donors (Lipinski definition) is 2. The van der Waals surface area contributed by atoms with Crippen LogP contribution in [0.5, 0.6) is 0 Å². The fourth-order valence-electron chi connectivity index (χ4n) is 2.00. The van der Waals surface area contributed by atoms with Gasteiger partial charge in [0.15, 0.2) is 7.85 Å². The van der Waals surface area contributed by atoms with Crippen molar-refractivity contribution in [2.45, 2.75) is 44.6 Å². The third kappa shape index (κ3) is 1.87. The Morgan fingerprint density at radius 1 is 1.07 bits per heavy atom. The van der Waals surface area contributed by atoms with Gasteiger partial charge < -0.3 is 0 Å². The lowest BCUT2D eigenvalue weighted by Crippen LogP contribution is -2.16. The fourth-order valence-corrected chi connectivity index (χ4v) is 2.74. The highest BCUT2D eigenvalue weighted by atomic mass is 32.1.